The van der Waals surface area contributed by atoms with Gasteiger partial charge < -0.3 is 16.4 Å². The maximum atomic E-state index is 12.2. The van der Waals surface area contributed by atoms with Crippen LogP contribution in [-0.4, -0.2) is 17.9 Å². The molecule has 2 amide bonds. The number of hydrogen-bond acceptors (Lipinski definition) is 3. The van der Waals surface area contributed by atoms with Gasteiger partial charge in [0.1, 0.15) is 0 Å². The maximum absolute atomic E-state index is 12.2. The third-order valence-corrected chi connectivity index (χ3v) is 3.66. The van der Waals surface area contributed by atoms with Gasteiger partial charge in [0.05, 0.1) is 6.04 Å². The number of nitrogens with two attached hydrogens (primary N) is 1. The first-order valence-electron chi connectivity index (χ1n) is 7.80. The fourth-order valence-electron chi connectivity index (χ4n) is 2.04. The zero-order valence-corrected chi connectivity index (χ0v) is 14.2. The molecule has 0 saturated carbocycles. The number of nitrogens with one attached hydrogen (secondary N) is 2. The molecule has 2 aromatic carbocycles. The molecular formula is C19H23N3O2. The van der Waals surface area contributed by atoms with Crippen molar-refractivity contribution in [3.05, 3.63) is 60.2 Å². The molecular weight excluding hydrogens is 302 g/mol. The van der Waals surface area contributed by atoms with Gasteiger partial charge in [0.25, 0.3) is 5.91 Å². The standard InChI is InChI=1S/C19H23N3O2/c1-19(2,3)16(20)18(24)22-15-11-9-13(10-12-15)17(23)21-14-7-5-4-6-8-14/h4-12,16H,20H2,1-3H3,(H,21,23)(H,22,24)/t16-/m1/s1. The number of rotatable bonds is 4. The smallest absolute Gasteiger partial charge is 0.255 e. The largest absolute Gasteiger partial charge is 0.325 e. The Hall–Kier alpha value is -2.66. The van der Waals surface area contributed by atoms with Crippen molar-refractivity contribution in [3.63, 3.8) is 0 Å². The monoisotopic (exact) mass is 325 g/mol. The van der Waals surface area contributed by atoms with Crippen LogP contribution in [0.25, 0.3) is 0 Å². The van der Waals surface area contributed by atoms with E-state index in [1.54, 1.807) is 24.3 Å². The molecule has 5 nitrogen and oxygen atoms in total. The van der Waals surface area contributed by atoms with Crippen molar-refractivity contribution >= 4 is 23.2 Å². The summed E-state index contributed by atoms with van der Waals surface area (Å²) >= 11 is 0. The van der Waals surface area contributed by atoms with Gasteiger partial charge >= 0.3 is 0 Å². The Morgan fingerprint density at radius 2 is 1.42 bits per heavy atom. The third-order valence-electron chi connectivity index (χ3n) is 3.66. The summed E-state index contributed by atoms with van der Waals surface area (Å²) in [4.78, 5) is 24.3. The van der Waals surface area contributed by atoms with E-state index < -0.39 is 6.04 Å². The fourth-order valence-corrected chi connectivity index (χ4v) is 2.04. The summed E-state index contributed by atoms with van der Waals surface area (Å²) in [6.07, 6.45) is 0. The van der Waals surface area contributed by atoms with Crippen LogP contribution in [-0.2, 0) is 4.79 Å². The number of benzene rings is 2. The Morgan fingerprint density at radius 3 is 1.96 bits per heavy atom. The SMILES string of the molecule is CC(C)(C)[C@H](N)C(=O)Nc1ccc(C(=O)Nc2ccccc2)cc1. The first kappa shape index (κ1) is 17.7. The predicted octanol–water partition coefficient (Wildman–Crippen LogP) is 3.25. The first-order chi connectivity index (χ1) is 11.3. The summed E-state index contributed by atoms with van der Waals surface area (Å²) in [7, 11) is 0. The van der Waals surface area contributed by atoms with Crippen LogP contribution in [0.4, 0.5) is 11.4 Å². The molecule has 0 heterocycles. The van der Waals surface area contributed by atoms with Gasteiger partial charge in [0.2, 0.25) is 5.91 Å². The van der Waals surface area contributed by atoms with Gasteiger partial charge in [-0.2, -0.15) is 0 Å². The van der Waals surface area contributed by atoms with Gasteiger partial charge in [-0.3, -0.25) is 9.59 Å². The molecule has 2 rings (SSSR count). The van der Waals surface area contributed by atoms with Crippen LogP contribution >= 0.6 is 0 Å². The number of carbonyl (C=O) groups excluding carboxylic acids is 2. The summed E-state index contributed by atoms with van der Waals surface area (Å²) in [6, 6.07) is 15.3. The Balaban J connectivity index is 2.00. The van der Waals surface area contributed by atoms with Crippen molar-refractivity contribution in [2.45, 2.75) is 26.8 Å². The van der Waals surface area contributed by atoms with Gasteiger partial charge in [-0.25, -0.2) is 0 Å². The minimum absolute atomic E-state index is 0.203. The van der Waals surface area contributed by atoms with Crippen molar-refractivity contribution in [2.24, 2.45) is 11.1 Å². The highest BCUT2D eigenvalue weighted by Gasteiger charge is 2.27. The van der Waals surface area contributed by atoms with E-state index in [1.165, 1.54) is 0 Å². The Morgan fingerprint density at radius 1 is 0.875 bits per heavy atom. The maximum Gasteiger partial charge on any atom is 0.255 e. The molecule has 2 aromatic rings. The highest BCUT2D eigenvalue weighted by molar-refractivity contribution is 6.04. The van der Waals surface area contributed by atoms with Crippen LogP contribution < -0.4 is 16.4 Å². The molecule has 0 aliphatic carbocycles. The van der Waals surface area contributed by atoms with Crippen LogP contribution in [0, 0.1) is 5.41 Å². The number of para-hydroxylation sites is 1. The molecule has 0 saturated heterocycles. The molecule has 0 unspecified atom stereocenters. The van der Waals surface area contributed by atoms with Crippen LogP contribution in [0.15, 0.2) is 54.6 Å². The van der Waals surface area contributed by atoms with Crippen molar-refractivity contribution < 1.29 is 9.59 Å². The van der Waals surface area contributed by atoms with E-state index in [9.17, 15) is 9.59 Å². The van der Waals surface area contributed by atoms with Gasteiger partial charge in [-0.05, 0) is 41.8 Å². The van der Waals surface area contributed by atoms with E-state index in [2.05, 4.69) is 10.6 Å². The van der Waals surface area contributed by atoms with E-state index in [0.29, 0.717) is 11.3 Å². The van der Waals surface area contributed by atoms with Crippen LogP contribution in [0.5, 0.6) is 0 Å². The normalized spacial score (nSPS) is 12.3. The topological polar surface area (TPSA) is 84.2 Å². The average Bonchev–Trinajstić information content (AvgIpc) is 2.54. The van der Waals surface area contributed by atoms with Gasteiger partial charge in [-0.15, -0.1) is 0 Å². The van der Waals surface area contributed by atoms with Crippen LogP contribution in [0.3, 0.4) is 0 Å². The Kier molecular flexibility index (Phi) is 5.36. The second-order valence-electron chi connectivity index (χ2n) is 6.73. The quantitative estimate of drug-likeness (QED) is 0.807. The lowest BCUT2D eigenvalue weighted by atomic mass is 9.87. The lowest BCUT2D eigenvalue weighted by molar-refractivity contribution is -0.119. The number of anilines is 2. The highest BCUT2D eigenvalue weighted by atomic mass is 16.2. The molecule has 0 aliphatic heterocycles. The lowest BCUT2D eigenvalue weighted by Gasteiger charge is -2.25. The fraction of sp³-hybridized carbons (Fsp3) is 0.263. The summed E-state index contributed by atoms with van der Waals surface area (Å²) in [6.45, 7) is 5.73. The van der Waals surface area contributed by atoms with Crippen molar-refractivity contribution in [1.29, 1.82) is 0 Å². The number of amides is 2. The summed E-state index contributed by atoms with van der Waals surface area (Å²) in [5, 5.41) is 5.58. The predicted molar refractivity (Wildman–Crippen MR) is 96.9 cm³/mol. The van der Waals surface area contributed by atoms with Gasteiger partial charge in [-0.1, -0.05) is 39.0 Å². The van der Waals surface area contributed by atoms with E-state index in [-0.39, 0.29) is 17.2 Å². The molecule has 24 heavy (non-hydrogen) atoms. The number of hydrogen-bond donors (Lipinski definition) is 3. The molecule has 1 atom stereocenters. The summed E-state index contributed by atoms with van der Waals surface area (Å²) < 4.78 is 0. The molecule has 0 spiro atoms. The summed E-state index contributed by atoms with van der Waals surface area (Å²) in [5.74, 6) is -0.450. The van der Waals surface area contributed by atoms with E-state index in [0.717, 1.165) is 5.69 Å². The minimum Gasteiger partial charge on any atom is -0.325 e. The third kappa shape index (κ3) is 4.67. The van der Waals surface area contributed by atoms with E-state index in [1.807, 2.05) is 51.1 Å². The van der Waals surface area contributed by atoms with Crippen molar-refractivity contribution in [2.75, 3.05) is 10.6 Å². The second kappa shape index (κ2) is 7.27. The van der Waals surface area contributed by atoms with Gasteiger partial charge in [0, 0.05) is 16.9 Å². The Bertz CT molecular complexity index is 704. The minimum atomic E-state index is -0.612. The molecule has 0 fully saturated rings. The molecule has 4 N–H and O–H groups in total. The molecule has 0 radical (unpaired) electrons. The number of carbonyl (C=O) groups is 2. The zero-order valence-electron chi connectivity index (χ0n) is 14.2. The van der Waals surface area contributed by atoms with Crippen molar-refractivity contribution in [3.8, 4) is 0 Å². The highest BCUT2D eigenvalue weighted by Crippen LogP contribution is 2.19. The molecule has 0 bridgehead atoms. The van der Waals surface area contributed by atoms with E-state index in [4.69, 9.17) is 5.73 Å². The van der Waals surface area contributed by atoms with E-state index >= 15 is 0 Å². The molecule has 5 heteroatoms. The average molecular weight is 325 g/mol. The first-order valence-corrected chi connectivity index (χ1v) is 7.80. The van der Waals surface area contributed by atoms with Gasteiger partial charge in [0.15, 0.2) is 0 Å². The summed E-state index contributed by atoms with van der Waals surface area (Å²) in [5.41, 5.74) is 7.46. The van der Waals surface area contributed by atoms with Crippen LogP contribution in [0.2, 0.25) is 0 Å². The molecule has 0 aromatic heterocycles. The zero-order chi connectivity index (χ0) is 17.7. The lowest BCUT2D eigenvalue weighted by Crippen LogP contribution is -2.45. The molecule has 126 valence electrons. The van der Waals surface area contributed by atoms with Crippen LogP contribution in [0.1, 0.15) is 31.1 Å². The van der Waals surface area contributed by atoms with Crippen molar-refractivity contribution in [1.82, 2.24) is 0 Å². The second-order valence-corrected chi connectivity index (χ2v) is 6.73. The molecule has 0 aliphatic rings. The Labute approximate surface area is 142 Å².